The number of para-hydroxylation sites is 1. The van der Waals surface area contributed by atoms with Gasteiger partial charge >= 0.3 is 0 Å². The monoisotopic (exact) mass is 476 g/mol. The Morgan fingerprint density at radius 1 is 0.882 bits per heavy atom. The fraction of sp³-hybridized carbons (Fsp3) is 0.308. The number of hydrogen-bond acceptors (Lipinski definition) is 5. The van der Waals surface area contributed by atoms with Gasteiger partial charge in [0.15, 0.2) is 0 Å². The SMILES string of the molecule is O=C(c1cccc(S(=O)(=O)N2CCCc3ccccc32)c1)N1CCN(Cc2ccncc2)CC1. The summed E-state index contributed by atoms with van der Waals surface area (Å²) in [5.74, 6) is -0.125. The molecule has 0 spiro atoms. The molecule has 1 aromatic heterocycles. The summed E-state index contributed by atoms with van der Waals surface area (Å²) < 4.78 is 28.5. The van der Waals surface area contributed by atoms with Crippen molar-refractivity contribution in [2.75, 3.05) is 37.0 Å². The number of anilines is 1. The number of hydrogen-bond donors (Lipinski definition) is 0. The summed E-state index contributed by atoms with van der Waals surface area (Å²) in [6, 6.07) is 18.1. The van der Waals surface area contributed by atoms with Gasteiger partial charge in [0.1, 0.15) is 0 Å². The second kappa shape index (κ2) is 9.56. The molecule has 1 fully saturated rings. The third-order valence-corrected chi connectivity index (χ3v) is 8.36. The number of nitrogens with zero attached hydrogens (tertiary/aromatic N) is 4. The second-order valence-corrected chi connectivity index (χ2v) is 10.6. The average molecular weight is 477 g/mol. The Morgan fingerprint density at radius 3 is 2.44 bits per heavy atom. The van der Waals surface area contributed by atoms with E-state index in [1.807, 2.05) is 41.3 Å². The lowest BCUT2D eigenvalue weighted by Crippen LogP contribution is -2.48. The summed E-state index contributed by atoms with van der Waals surface area (Å²) in [7, 11) is -3.76. The molecule has 5 rings (SSSR count). The highest BCUT2D eigenvalue weighted by atomic mass is 32.2. The number of amides is 1. The van der Waals surface area contributed by atoms with Crippen LogP contribution in [0.4, 0.5) is 5.69 Å². The van der Waals surface area contributed by atoms with Crippen LogP contribution >= 0.6 is 0 Å². The number of carbonyl (C=O) groups excluding carboxylic acids is 1. The molecule has 0 unspecified atom stereocenters. The fourth-order valence-corrected chi connectivity index (χ4v) is 6.29. The van der Waals surface area contributed by atoms with E-state index in [-0.39, 0.29) is 10.8 Å². The molecular weight excluding hydrogens is 448 g/mol. The molecule has 34 heavy (non-hydrogen) atoms. The van der Waals surface area contributed by atoms with Gasteiger partial charge in [-0.2, -0.15) is 0 Å². The van der Waals surface area contributed by atoms with Crippen LogP contribution in [0.5, 0.6) is 0 Å². The topological polar surface area (TPSA) is 73.8 Å². The number of fused-ring (bicyclic) bond motifs is 1. The van der Waals surface area contributed by atoms with Crippen molar-refractivity contribution in [3.63, 3.8) is 0 Å². The van der Waals surface area contributed by atoms with E-state index in [4.69, 9.17) is 0 Å². The fourth-order valence-electron chi connectivity index (χ4n) is 4.70. The lowest BCUT2D eigenvalue weighted by atomic mass is 10.0. The number of pyridine rings is 1. The molecular formula is C26H28N4O3S. The highest BCUT2D eigenvalue weighted by molar-refractivity contribution is 7.92. The lowest BCUT2D eigenvalue weighted by Gasteiger charge is -2.35. The highest BCUT2D eigenvalue weighted by Gasteiger charge is 2.30. The Bertz CT molecular complexity index is 1270. The van der Waals surface area contributed by atoms with Gasteiger partial charge in [-0.05, 0) is 60.4 Å². The predicted molar refractivity (Wildman–Crippen MR) is 131 cm³/mol. The van der Waals surface area contributed by atoms with Crippen LogP contribution in [-0.4, -0.2) is 61.8 Å². The van der Waals surface area contributed by atoms with Crippen LogP contribution in [0.2, 0.25) is 0 Å². The maximum absolute atomic E-state index is 13.5. The summed E-state index contributed by atoms with van der Waals surface area (Å²) in [5, 5.41) is 0. The first-order valence-electron chi connectivity index (χ1n) is 11.6. The Labute approximate surface area is 200 Å². The molecule has 0 atom stereocenters. The molecule has 3 heterocycles. The molecule has 0 saturated carbocycles. The molecule has 1 saturated heterocycles. The van der Waals surface area contributed by atoms with Gasteiger partial charge in [-0.15, -0.1) is 0 Å². The Morgan fingerprint density at radius 2 is 1.65 bits per heavy atom. The zero-order valence-electron chi connectivity index (χ0n) is 19.0. The van der Waals surface area contributed by atoms with Crippen LogP contribution in [-0.2, 0) is 23.0 Å². The van der Waals surface area contributed by atoms with Gasteiger partial charge in [-0.25, -0.2) is 8.42 Å². The van der Waals surface area contributed by atoms with E-state index in [0.29, 0.717) is 25.2 Å². The molecule has 8 heteroatoms. The largest absolute Gasteiger partial charge is 0.336 e. The molecule has 0 radical (unpaired) electrons. The number of aryl methyl sites for hydroxylation is 1. The van der Waals surface area contributed by atoms with Crippen molar-refractivity contribution in [1.82, 2.24) is 14.8 Å². The van der Waals surface area contributed by atoms with Gasteiger partial charge < -0.3 is 4.90 Å². The van der Waals surface area contributed by atoms with Crippen molar-refractivity contribution < 1.29 is 13.2 Å². The maximum atomic E-state index is 13.5. The minimum atomic E-state index is -3.76. The zero-order valence-corrected chi connectivity index (χ0v) is 19.8. The van der Waals surface area contributed by atoms with Crippen molar-refractivity contribution in [3.05, 3.63) is 89.7 Å². The van der Waals surface area contributed by atoms with E-state index < -0.39 is 10.0 Å². The van der Waals surface area contributed by atoms with Crippen LogP contribution in [0.25, 0.3) is 0 Å². The number of rotatable bonds is 5. The highest BCUT2D eigenvalue weighted by Crippen LogP contribution is 2.32. The summed E-state index contributed by atoms with van der Waals surface area (Å²) in [4.78, 5) is 21.5. The standard InChI is InChI=1S/C26H28N4O3S/c31-26(29-17-15-28(16-18-29)20-21-10-12-27-13-11-21)23-6-3-8-24(19-23)34(32,33)30-14-4-7-22-5-1-2-9-25(22)30/h1-3,5-6,8-13,19H,4,7,14-18,20H2. The summed E-state index contributed by atoms with van der Waals surface area (Å²) in [5.41, 5.74) is 3.38. The Kier molecular flexibility index (Phi) is 6.34. The third-order valence-electron chi connectivity index (χ3n) is 6.55. The van der Waals surface area contributed by atoms with Gasteiger partial charge in [0.2, 0.25) is 0 Å². The molecule has 0 bridgehead atoms. The molecule has 3 aromatic rings. The Balaban J connectivity index is 1.29. The number of carbonyl (C=O) groups is 1. The van der Waals surface area contributed by atoms with E-state index in [9.17, 15) is 13.2 Å². The summed E-state index contributed by atoms with van der Waals surface area (Å²) >= 11 is 0. The van der Waals surface area contributed by atoms with Gasteiger partial charge in [0.05, 0.1) is 10.6 Å². The molecule has 176 valence electrons. The molecule has 2 aliphatic heterocycles. The van der Waals surface area contributed by atoms with E-state index in [0.717, 1.165) is 43.7 Å². The van der Waals surface area contributed by atoms with E-state index in [1.165, 1.54) is 15.9 Å². The van der Waals surface area contributed by atoms with Gasteiger partial charge in [0.25, 0.3) is 15.9 Å². The quantitative estimate of drug-likeness (QED) is 0.566. The summed E-state index contributed by atoms with van der Waals surface area (Å²) in [6.45, 7) is 4.04. The summed E-state index contributed by atoms with van der Waals surface area (Å²) in [6.07, 6.45) is 5.23. The molecule has 0 aliphatic carbocycles. The minimum absolute atomic E-state index is 0.125. The second-order valence-electron chi connectivity index (χ2n) is 8.76. The van der Waals surface area contributed by atoms with Crippen molar-refractivity contribution in [3.8, 4) is 0 Å². The lowest BCUT2D eigenvalue weighted by molar-refractivity contribution is 0.0628. The average Bonchev–Trinajstić information content (AvgIpc) is 2.89. The first kappa shape index (κ1) is 22.6. The number of aromatic nitrogens is 1. The first-order valence-corrected chi connectivity index (χ1v) is 13.1. The normalized spacial score (nSPS) is 16.8. The number of benzene rings is 2. The minimum Gasteiger partial charge on any atom is -0.336 e. The van der Waals surface area contributed by atoms with Crippen LogP contribution in [0.15, 0.2) is 78.0 Å². The zero-order chi connectivity index (χ0) is 23.5. The maximum Gasteiger partial charge on any atom is 0.264 e. The molecule has 2 aromatic carbocycles. The number of sulfonamides is 1. The van der Waals surface area contributed by atoms with Crippen molar-refractivity contribution in [2.24, 2.45) is 0 Å². The van der Waals surface area contributed by atoms with Crippen molar-refractivity contribution in [1.29, 1.82) is 0 Å². The van der Waals surface area contributed by atoms with E-state index in [1.54, 1.807) is 30.6 Å². The van der Waals surface area contributed by atoms with Crippen LogP contribution in [0.3, 0.4) is 0 Å². The van der Waals surface area contributed by atoms with Crippen LogP contribution in [0.1, 0.15) is 27.9 Å². The van der Waals surface area contributed by atoms with Crippen molar-refractivity contribution in [2.45, 2.75) is 24.3 Å². The molecule has 0 N–H and O–H groups in total. The Hall–Kier alpha value is -3.23. The third kappa shape index (κ3) is 4.56. The molecule has 1 amide bonds. The molecule has 7 nitrogen and oxygen atoms in total. The van der Waals surface area contributed by atoms with Crippen molar-refractivity contribution >= 4 is 21.6 Å². The van der Waals surface area contributed by atoms with E-state index in [2.05, 4.69) is 9.88 Å². The van der Waals surface area contributed by atoms with E-state index >= 15 is 0 Å². The molecule has 2 aliphatic rings. The van der Waals surface area contributed by atoms with Gasteiger partial charge in [-0.1, -0.05) is 24.3 Å². The predicted octanol–water partition coefficient (Wildman–Crippen LogP) is 3.18. The number of piperazine rings is 1. The van der Waals surface area contributed by atoms with Crippen LogP contribution in [0, 0.1) is 0 Å². The van der Waals surface area contributed by atoms with Gasteiger partial charge in [-0.3, -0.25) is 19.0 Å². The first-order chi connectivity index (χ1) is 16.5. The van der Waals surface area contributed by atoms with Crippen LogP contribution < -0.4 is 4.31 Å². The smallest absolute Gasteiger partial charge is 0.264 e. The van der Waals surface area contributed by atoms with Gasteiger partial charge in [0, 0.05) is 57.2 Å².